The third-order valence-electron chi connectivity index (χ3n) is 3.51. The van der Waals surface area contributed by atoms with Gasteiger partial charge in [0.1, 0.15) is 0 Å². The fourth-order valence-corrected chi connectivity index (χ4v) is 34.1. The van der Waals surface area contributed by atoms with E-state index in [1.54, 1.807) is 0 Å². The van der Waals surface area contributed by atoms with Gasteiger partial charge >= 0.3 is 87.1 Å². The molecule has 27 heteroatoms. The van der Waals surface area contributed by atoms with Crippen LogP contribution in [0.3, 0.4) is 0 Å². The molecule has 0 bridgehead atoms. The highest BCUT2D eigenvalue weighted by atomic mass is 28.6. The van der Waals surface area contributed by atoms with E-state index in [4.69, 9.17) is 37.0 Å². The number of hydrogen-bond donors (Lipinski definition) is 8. The van der Waals surface area contributed by atoms with E-state index in [2.05, 4.69) is 0 Å². The molecule has 8 N–H and O–H groups in total. The van der Waals surface area contributed by atoms with E-state index in [1.165, 1.54) is 91.7 Å². The molecule has 41 heavy (non-hydrogen) atoms. The summed E-state index contributed by atoms with van der Waals surface area (Å²) in [5.74, 6) is 0. The molecule has 0 rings (SSSR count). The first-order chi connectivity index (χ1) is 17.4. The van der Waals surface area contributed by atoms with Crippen LogP contribution in [-0.4, -0.2) is 125 Å². The molecule has 0 saturated heterocycles. The molecule has 0 spiro atoms. The van der Waals surface area contributed by atoms with Crippen molar-refractivity contribution in [2.75, 3.05) is 0 Å². The van der Waals surface area contributed by atoms with Gasteiger partial charge in [-0.3, -0.25) is 0 Å². The van der Waals surface area contributed by atoms with Crippen molar-refractivity contribution in [1.82, 2.24) is 0 Å². The van der Waals surface area contributed by atoms with Crippen LogP contribution >= 0.6 is 0 Å². The van der Waals surface area contributed by atoms with Crippen LogP contribution in [-0.2, 0) is 37.0 Å². The quantitative estimate of drug-likeness (QED) is 0.0803. The average molecular weight is 771 g/mol. The van der Waals surface area contributed by atoms with Crippen LogP contribution < -0.4 is 0 Å². The predicted octanol–water partition coefficient (Wildman–Crippen LogP) is -0.706. The Hall–Kier alpha value is 1.49. The smallest absolute Gasteiger partial charge is 0.415 e. The summed E-state index contributed by atoms with van der Waals surface area (Å²) in [6.45, 7) is 19.4. The van der Waals surface area contributed by atoms with Gasteiger partial charge in [-0.15, -0.1) is 0 Å². The lowest BCUT2D eigenvalue weighted by atomic mass is 11.9. The Morgan fingerprint density at radius 1 is 0.268 bits per heavy atom. The molecule has 0 aromatic rings. The van der Waals surface area contributed by atoms with Crippen molar-refractivity contribution in [3.63, 3.8) is 0 Å². The fourth-order valence-electron chi connectivity index (χ4n) is 3.33. The minimum atomic E-state index is -5.01. The van der Waals surface area contributed by atoms with Crippen LogP contribution in [0.2, 0.25) is 91.7 Å². The van der Waals surface area contributed by atoms with Crippen molar-refractivity contribution in [3.05, 3.63) is 0 Å². The third-order valence-corrected chi connectivity index (χ3v) is 31.6. The van der Waals surface area contributed by atoms with Gasteiger partial charge in [-0.05, 0) is 91.7 Å². The molecule has 0 amide bonds. The lowest BCUT2D eigenvalue weighted by molar-refractivity contribution is 0.0671. The Morgan fingerprint density at radius 2 is 0.488 bits per heavy atom. The first kappa shape index (κ1) is 42.5. The highest BCUT2D eigenvalue weighted by molar-refractivity contribution is 6.91. The lowest BCUT2D eigenvalue weighted by Gasteiger charge is -2.44. The lowest BCUT2D eigenvalue weighted by Crippen LogP contribution is -2.70. The highest BCUT2D eigenvalue weighted by Gasteiger charge is 2.63. The van der Waals surface area contributed by atoms with Crippen LogP contribution in [0.25, 0.3) is 0 Å². The summed E-state index contributed by atoms with van der Waals surface area (Å²) >= 11 is 0. The SMILES string of the molecule is C[Si](C)(O)O[Si](C)(C)O[Si](O)(O)O[Si](C)(C)O[Si](O[Si](C)(C)O)(O[Si](C)(C)O)O[Si](C)(C)O[Si](O)(O)O[Si](C)(C)O. The Labute approximate surface area is 253 Å². The Morgan fingerprint density at radius 3 is 0.732 bits per heavy atom. The molecular weight excluding hydrogens is 721 g/mol. The van der Waals surface area contributed by atoms with Gasteiger partial charge in [0.2, 0.25) is 0 Å². The summed E-state index contributed by atoms with van der Waals surface area (Å²) in [7, 11) is -39.7. The van der Waals surface area contributed by atoms with Gasteiger partial charge in [-0.25, -0.2) is 0 Å². The topological polar surface area (TPSA) is 245 Å². The first-order valence-electron chi connectivity index (χ1n) is 12.5. The van der Waals surface area contributed by atoms with Crippen LogP contribution in [0.15, 0.2) is 0 Å². The van der Waals surface area contributed by atoms with E-state index in [0.717, 1.165) is 0 Å². The fraction of sp³-hybridized carbons (Fsp3) is 1.00. The molecule has 0 aliphatic rings. The van der Waals surface area contributed by atoms with E-state index in [-0.39, 0.29) is 0 Å². The summed E-state index contributed by atoms with van der Waals surface area (Å²) in [5.41, 5.74) is 0. The van der Waals surface area contributed by atoms with Gasteiger partial charge in [0.25, 0.3) is 0 Å². The molecule has 0 aliphatic heterocycles. The standard InChI is InChI=1S/C14H50O17Si10/c1-32(2,15)23-36(9,10)27-40(21,22)29-38(13,14)31-41(25-34(5,6)17,26-35(7,8)18)30-37(11,12)28-39(19,20)24-33(3,4)16/h15-22H,1-14H3. The van der Waals surface area contributed by atoms with E-state index < -0.39 is 87.1 Å². The minimum absolute atomic E-state index is 1.29. The second-order valence-electron chi connectivity index (χ2n) is 12.5. The molecule has 0 aliphatic carbocycles. The number of hydrogen-bond acceptors (Lipinski definition) is 17. The van der Waals surface area contributed by atoms with E-state index >= 15 is 0 Å². The molecule has 0 heterocycles. The van der Waals surface area contributed by atoms with E-state index in [0.29, 0.717) is 0 Å². The van der Waals surface area contributed by atoms with Crippen LogP contribution in [0, 0.1) is 0 Å². The summed E-state index contributed by atoms with van der Waals surface area (Å²) in [6.07, 6.45) is 0. The zero-order valence-electron chi connectivity index (χ0n) is 26.3. The summed E-state index contributed by atoms with van der Waals surface area (Å²) in [5, 5.41) is 0. The zero-order valence-corrected chi connectivity index (χ0v) is 36.3. The molecule has 0 radical (unpaired) electrons. The van der Waals surface area contributed by atoms with Crippen LogP contribution in [0.4, 0.5) is 0 Å². The summed E-state index contributed by atoms with van der Waals surface area (Å²) in [6, 6.07) is 0. The van der Waals surface area contributed by atoms with Gasteiger partial charge in [0.15, 0.2) is 0 Å². The largest absolute Gasteiger partial charge is 0.656 e. The van der Waals surface area contributed by atoms with Gasteiger partial charge in [0, 0.05) is 0 Å². The third kappa shape index (κ3) is 21.0. The average Bonchev–Trinajstić information content (AvgIpc) is 2.37. The van der Waals surface area contributed by atoms with Gasteiger partial charge in [-0.1, -0.05) is 0 Å². The van der Waals surface area contributed by atoms with E-state index in [9.17, 15) is 38.4 Å². The van der Waals surface area contributed by atoms with E-state index in [1.807, 2.05) is 0 Å². The summed E-state index contributed by atoms with van der Waals surface area (Å²) < 4.78 is 50.9. The molecule has 0 saturated carbocycles. The molecule has 0 unspecified atom stereocenters. The molecule has 248 valence electrons. The van der Waals surface area contributed by atoms with Gasteiger partial charge < -0.3 is 75.4 Å². The predicted molar refractivity (Wildman–Crippen MR) is 167 cm³/mol. The summed E-state index contributed by atoms with van der Waals surface area (Å²) in [4.78, 5) is 83.9. The molecule has 0 atom stereocenters. The molecule has 0 fully saturated rings. The number of rotatable bonds is 18. The van der Waals surface area contributed by atoms with Crippen molar-refractivity contribution in [3.8, 4) is 0 Å². The van der Waals surface area contributed by atoms with Crippen molar-refractivity contribution < 1.29 is 75.4 Å². The van der Waals surface area contributed by atoms with Crippen LogP contribution in [0.5, 0.6) is 0 Å². The molecule has 17 nitrogen and oxygen atoms in total. The second-order valence-corrected chi connectivity index (χ2v) is 43.0. The second kappa shape index (κ2) is 13.7. The highest BCUT2D eigenvalue weighted by Crippen LogP contribution is 2.31. The van der Waals surface area contributed by atoms with Crippen LogP contribution in [0.1, 0.15) is 0 Å². The monoisotopic (exact) mass is 770 g/mol. The maximum atomic E-state index is 10.7. The normalized spacial score (nSPS) is 16.0. The van der Waals surface area contributed by atoms with Crippen molar-refractivity contribution in [1.29, 1.82) is 0 Å². The molecular formula is C14H50O17Si10. The minimum Gasteiger partial charge on any atom is -0.415 e. The molecule has 0 aromatic carbocycles. The zero-order chi connectivity index (χ0) is 33.4. The Kier molecular flexibility index (Phi) is 14.2. The molecule has 0 aromatic heterocycles. The van der Waals surface area contributed by atoms with Crippen molar-refractivity contribution in [2.24, 2.45) is 0 Å². The van der Waals surface area contributed by atoms with Crippen molar-refractivity contribution >= 4 is 87.1 Å². The maximum absolute atomic E-state index is 10.7. The van der Waals surface area contributed by atoms with Crippen molar-refractivity contribution in [2.45, 2.75) is 91.7 Å². The van der Waals surface area contributed by atoms with Gasteiger partial charge in [-0.2, -0.15) is 0 Å². The first-order valence-corrected chi connectivity index (χ1v) is 37.4. The Bertz CT molecular complexity index is 831. The Balaban J connectivity index is 6.51. The van der Waals surface area contributed by atoms with Gasteiger partial charge in [0.05, 0.1) is 0 Å². The maximum Gasteiger partial charge on any atom is 0.656 e.